The molecule has 3 heteroatoms. The summed E-state index contributed by atoms with van der Waals surface area (Å²) in [5.41, 5.74) is 1.79. The zero-order chi connectivity index (χ0) is 8.39. The lowest BCUT2D eigenvalue weighted by molar-refractivity contribution is 0.573. The largest absolute Gasteiger partial charge is 0.444 e. The van der Waals surface area contributed by atoms with Gasteiger partial charge in [-0.2, -0.15) is 0 Å². The van der Waals surface area contributed by atoms with E-state index in [4.69, 9.17) is 4.42 Å². The Kier molecular flexibility index (Phi) is 1.63. The summed E-state index contributed by atoms with van der Waals surface area (Å²) in [6, 6.07) is 3.77. The van der Waals surface area contributed by atoms with Gasteiger partial charge in [0.15, 0.2) is 0 Å². The van der Waals surface area contributed by atoms with Gasteiger partial charge in [-0.05, 0) is 19.1 Å². The van der Waals surface area contributed by atoms with Crippen molar-refractivity contribution in [2.45, 2.75) is 6.92 Å². The molecule has 2 aromatic rings. The molecule has 0 fully saturated rings. The molecule has 2 rings (SSSR count). The molecule has 0 atom stereocenters. The van der Waals surface area contributed by atoms with Gasteiger partial charge >= 0.3 is 0 Å². The monoisotopic (exact) mass is 160 g/mol. The van der Waals surface area contributed by atoms with Crippen molar-refractivity contribution >= 4 is 0 Å². The van der Waals surface area contributed by atoms with E-state index in [0.29, 0.717) is 5.89 Å². The number of hydrogen-bond donors (Lipinski definition) is 0. The fourth-order valence-corrected chi connectivity index (χ4v) is 0.976. The Labute approximate surface area is 70.1 Å². The number of aromatic nitrogens is 2. The minimum atomic E-state index is 0.626. The molecule has 0 aliphatic heterocycles. The van der Waals surface area contributed by atoms with Crippen LogP contribution in [-0.4, -0.2) is 9.97 Å². The van der Waals surface area contributed by atoms with E-state index in [1.54, 1.807) is 18.7 Å². The number of nitrogens with zero attached hydrogens (tertiary/aromatic N) is 2. The molecule has 0 aromatic carbocycles. The van der Waals surface area contributed by atoms with E-state index in [2.05, 4.69) is 9.97 Å². The Morgan fingerprint density at radius 2 is 2.33 bits per heavy atom. The second-order valence-corrected chi connectivity index (χ2v) is 2.54. The predicted molar refractivity (Wildman–Crippen MR) is 44.5 cm³/mol. The number of hydrogen-bond acceptors (Lipinski definition) is 3. The van der Waals surface area contributed by atoms with E-state index in [0.717, 1.165) is 11.3 Å². The van der Waals surface area contributed by atoms with Gasteiger partial charge in [-0.3, -0.25) is 4.98 Å². The third-order valence-electron chi connectivity index (χ3n) is 1.53. The van der Waals surface area contributed by atoms with Gasteiger partial charge in [-0.1, -0.05) is 0 Å². The van der Waals surface area contributed by atoms with Crippen LogP contribution in [0.2, 0.25) is 0 Å². The average Bonchev–Trinajstić information content (AvgIpc) is 2.54. The first-order valence-corrected chi connectivity index (χ1v) is 3.69. The predicted octanol–water partition coefficient (Wildman–Crippen LogP) is 2.05. The molecule has 0 saturated carbocycles. The van der Waals surface area contributed by atoms with Crippen molar-refractivity contribution in [3.05, 3.63) is 36.5 Å². The van der Waals surface area contributed by atoms with Crippen LogP contribution in [0.25, 0.3) is 11.5 Å². The number of pyridine rings is 1. The van der Waals surface area contributed by atoms with Crippen LogP contribution in [0, 0.1) is 6.92 Å². The second kappa shape index (κ2) is 2.77. The zero-order valence-corrected chi connectivity index (χ0v) is 6.69. The summed E-state index contributed by atoms with van der Waals surface area (Å²) in [5, 5.41) is 0. The molecule has 0 amide bonds. The van der Waals surface area contributed by atoms with Crippen LogP contribution < -0.4 is 0 Å². The molecule has 0 saturated heterocycles. The Balaban J connectivity index is 2.45. The van der Waals surface area contributed by atoms with Crippen molar-refractivity contribution in [3.63, 3.8) is 0 Å². The highest BCUT2D eigenvalue weighted by Crippen LogP contribution is 2.15. The van der Waals surface area contributed by atoms with Crippen molar-refractivity contribution in [2.75, 3.05) is 0 Å². The summed E-state index contributed by atoms with van der Waals surface area (Å²) >= 11 is 0. The van der Waals surface area contributed by atoms with E-state index < -0.39 is 0 Å². The third kappa shape index (κ3) is 1.21. The van der Waals surface area contributed by atoms with Crippen LogP contribution in [-0.2, 0) is 0 Å². The number of aryl methyl sites for hydroxylation is 1. The molecule has 60 valence electrons. The van der Waals surface area contributed by atoms with Crippen LogP contribution in [0.3, 0.4) is 0 Å². The van der Waals surface area contributed by atoms with E-state index in [9.17, 15) is 0 Å². The lowest BCUT2D eigenvalue weighted by Gasteiger charge is -1.90. The lowest BCUT2D eigenvalue weighted by atomic mass is 10.3. The zero-order valence-electron chi connectivity index (χ0n) is 6.69. The molecule has 0 radical (unpaired) electrons. The van der Waals surface area contributed by atoms with Crippen LogP contribution in [0.4, 0.5) is 0 Å². The van der Waals surface area contributed by atoms with Crippen LogP contribution in [0.5, 0.6) is 0 Å². The van der Waals surface area contributed by atoms with Gasteiger partial charge in [0.05, 0.1) is 11.3 Å². The summed E-state index contributed by atoms with van der Waals surface area (Å²) in [6.45, 7) is 1.89. The average molecular weight is 160 g/mol. The molecule has 0 aliphatic carbocycles. The van der Waals surface area contributed by atoms with Gasteiger partial charge in [-0.25, -0.2) is 4.98 Å². The summed E-state index contributed by atoms with van der Waals surface area (Å²) in [6.07, 6.45) is 5.08. The highest BCUT2D eigenvalue weighted by atomic mass is 16.3. The first kappa shape index (κ1) is 7.03. The quantitative estimate of drug-likeness (QED) is 0.640. The number of oxazole rings is 1. The van der Waals surface area contributed by atoms with Crippen molar-refractivity contribution in [1.82, 2.24) is 9.97 Å². The summed E-state index contributed by atoms with van der Waals surface area (Å²) < 4.78 is 5.20. The van der Waals surface area contributed by atoms with E-state index in [1.807, 2.05) is 19.1 Å². The first-order valence-electron chi connectivity index (χ1n) is 3.69. The second-order valence-electron chi connectivity index (χ2n) is 2.54. The topological polar surface area (TPSA) is 38.9 Å². The van der Waals surface area contributed by atoms with E-state index in [1.165, 1.54) is 0 Å². The third-order valence-corrected chi connectivity index (χ3v) is 1.53. The molecule has 0 bridgehead atoms. The first-order chi connectivity index (χ1) is 5.86. The maximum atomic E-state index is 5.20. The summed E-state index contributed by atoms with van der Waals surface area (Å²) in [7, 11) is 0. The van der Waals surface area contributed by atoms with Crippen LogP contribution in [0.1, 0.15) is 5.69 Å². The highest BCUT2D eigenvalue weighted by molar-refractivity contribution is 5.50. The molecular weight excluding hydrogens is 152 g/mol. The van der Waals surface area contributed by atoms with Gasteiger partial charge < -0.3 is 4.42 Å². The Bertz CT molecular complexity index is 367. The SMILES string of the molecule is Cc1coc(-c2cccnc2)n1. The van der Waals surface area contributed by atoms with Crippen molar-refractivity contribution in [1.29, 1.82) is 0 Å². The summed E-state index contributed by atoms with van der Waals surface area (Å²) in [5.74, 6) is 0.626. The van der Waals surface area contributed by atoms with Crippen LogP contribution >= 0.6 is 0 Å². The van der Waals surface area contributed by atoms with Crippen molar-refractivity contribution < 1.29 is 4.42 Å². The molecule has 12 heavy (non-hydrogen) atoms. The van der Waals surface area contributed by atoms with Crippen molar-refractivity contribution in [2.24, 2.45) is 0 Å². The van der Waals surface area contributed by atoms with E-state index >= 15 is 0 Å². The maximum absolute atomic E-state index is 5.20. The minimum absolute atomic E-state index is 0.626. The summed E-state index contributed by atoms with van der Waals surface area (Å²) in [4.78, 5) is 8.14. The Morgan fingerprint density at radius 3 is 2.92 bits per heavy atom. The fraction of sp³-hybridized carbons (Fsp3) is 0.111. The van der Waals surface area contributed by atoms with Gasteiger partial charge in [-0.15, -0.1) is 0 Å². The standard InChI is InChI=1S/C9H8N2O/c1-7-6-12-9(11-7)8-3-2-4-10-5-8/h2-6H,1H3. The molecule has 0 unspecified atom stereocenters. The maximum Gasteiger partial charge on any atom is 0.227 e. The molecule has 2 heterocycles. The van der Waals surface area contributed by atoms with Gasteiger partial charge in [0.2, 0.25) is 5.89 Å². The normalized spacial score (nSPS) is 10.1. The van der Waals surface area contributed by atoms with Crippen molar-refractivity contribution in [3.8, 4) is 11.5 Å². The van der Waals surface area contributed by atoms with Gasteiger partial charge in [0.1, 0.15) is 6.26 Å². The minimum Gasteiger partial charge on any atom is -0.444 e. The Hall–Kier alpha value is -1.64. The smallest absolute Gasteiger partial charge is 0.227 e. The molecule has 2 aromatic heterocycles. The number of rotatable bonds is 1. The van der Waals surface area contributed by atoms with Gasteiger partial charge in [0.25, 0.3) is 0 Å². The molecule has 0 aliphatic rings. The molecule has 3 nitrogen and oxygen atoms in total. The lowest BCUT2D eigenvalue weighted by Crippen LogP contribution is -1.78. The molecule has 0 N–H and O–H groups in total. The highest BCUT2D eigenvalue weighted by Gasteiger charge is 2.02. The van der Waals surface area contributed by atoms with E-state index in [-0.39, 0.29) is 0 Å². The fourth-order valence-electron chi connectivity index (χ4n) is 0.976. The van der Waals surface area contributed by atoms with Crippen LogP contribution in [0.15, 0.2) is 35.2 Å². The molecule has 0 spiro atoms. The Morgan fingerprint density at radius 1 is 1.42 bits per heavy atom. The van der Waals surface area contributed by atoms with Gasteiger partial charge in [0, 0.05) is 12.4 Å². The molecular formula is C9H8N2O.